The molecular weight excluding hydrogens is 980 g/mol. The molecule has 7 rings (SSSR count). The lowest BCUT2D eigenvalue weighted by atomic mass is 9.82. The number of hydroxylamine groups is 2. The van der Waals surface area contributed by atoms with Crippen molar-refractivity contribution in [2.45, 2.75) is 145 Å². The van der Waals surface area contributed by atoms with Gasteiger partial charge in [0.1, 0.15) is 34.7 Å². The van der Waals surface area contributed by atoms with Crippen molar-refractivity contribution in [3.63, 3.8) is 0 Å². The van der Waals surface area contributed by atoms with Crippen LogP contribution in [0, 0.1) is 17.8 Å². The van der Waals surface area contributed by atoms with Gasteiger partial charge in [-0.1, -0.05) is 42.3 Å². The van der Waals surface area contributed by atoms with E-state index in [1.165, 1.54) is 42.7 Å². The highest BCUT2D eigenvalue weighted by Gasteiger charge is 2.64. The molecule has 72 heavy (non-hydrogen) atoms. The molecule has 22 heteroatoms. The number of hydrogen-bond donors (Lipinski definition) is 2. The SMILES string of the molecule is COc1cc2cc(c1Cl)N(C)C(=O)C[C@H](OC(=O)[C@H](C)OCCCSC1CC(=O)N(CC3CCC(C(=O)ON4C(=O)CCC4=O)CC3)C1=O)[C@]1(C)O[C@H]1[C@H](C)C1C[C@@](O)(NC(=O)O1)[C@H](OC)/C=C/C=C(\C)C2. The van der Waals surface area contributed by atoms with Crippen molar-refractivity contribution < 1.29 is 76.7 Å². The Labute approximate surface area is 427 Å². The Kier molecular flexibility index (Phi) is 17.5. The zero-order chi connectivity index (χ0) is 52.2. The first-order valence-corrected chi connectivity index (χ1v) is 25.8. The zero-order valence-electron chi connectivity index (χ0n) is 41.7. The van der Waals surface area contributed by atoms with Crippen LogP contribution in [0.4, 0.5) is 10.5 Å². The van der Waals surface area contributed by atoms with Gasteiger partial charge >= 0.3 is 18.0 Å². The Bertz CT molecular complexity index is 2340. The van der Waals surface area contributed by atoms with Crippen LogP contribution < -0.4 is 15.0 Å². The topological polar surface area (TPSA) is 246 Å². The van der Waals surface area contributed by atoms with E-state index in [1.807, 2.05) is 13.0 Å². The number of anilines is 1. The van der Waals surface area contributed by atoms with E-state index in [9.17, 15) is 43.5 Å². The quantitative estimate of drug-likeness (QED) is 0.111. The molecule has 2 N–H and O–H groups in total. The number of amides is 6. The van der Waals surface area contributed by atoms with Gasteiger partial charge < -0.3 is 43.3 Å². The molecule has 6 aliphatic rings. The van der Waals surface area contributed by atoms with Crippen LogP contribution in [0.15, 0.2) is 35.9 Å². The number of likely N-dealkylation sites (tertiary alicyclic amines) is 1. The number of thioether (sulfide) groups is 1. The van der Waals surface area contributed by atoms with Crippen molar-refractivity contribution in [3.05, 3.63) is 46.5 Å². The molecule has 4 bridgehead atoms. The number of hydrogen-bond acceptors (Lipinski definition) is 17. The van der Waals surface area contributed by atoms with Gasteiger partial charge in [-0.3, -0.25) is 34.2 Å². The standard InChI is InChI=1S/C50H65ClN4O16S/c1-27-10-8-11-37(66-7)50(64)25-35(68-48(63)52-50)28(2)44-49(4,70-44)38(24-41(58)53(5)33-21-31(20-27)22-34(65-6)43(33)51)69-46(61)29(3)67-18-9-19-72-36-23-42(59)54(45(36)60)26-30-12-14-32(15-13-30)47(62)71-55-39(56)16-17-40(55)57/h8,10-11,21-22,28-30,32,35-38,44,64H,9,12-20,23-26H2,1-7H3,(H,52,63)/b11-8+,27-10+/t28-,29+,30?,32?,35?,36?,37-,38+,44+,49+,50+/m1/s1. The summed E-state index contributed by atoms with van der Waals surface area (Å²) in [5.74, 6) is -3.73. The summed E-state index contributed by atoms with van der Waals surface area (Å²) >= 11 is 8.14. The van der Waals surface area contributed by atoms with Gasteiger partial charge in [-0.2, -0.15) is 0 Å². The zero-order valence-corrected chi connectivity index (χ0v) is 43.3. The molecule has 1 saturated carbocycles. The second-order valence-corrected chi connectivity index (χ2v) is 21.4. The van der Waals surface area contributed by atoms with E-state index in [2.05, 4.69) is 5.32 Å². The Morgan fingerprint density at radius 1 is 1.01 bits per heavy atom. The fraction of sp³-hybridized carbons (Fsp3) is 0.640. The molecule has 0 radical (unpaired) electrons. The number of carbonyl (C=O) groups is 8. The molecule has 0 spiro atoms. The number of imide groups is 2. The first kappa shape index (κ1) is 54.7. The third-order valence-corrected chi connectivity index (χ3v) is 16.2. The summed E-state index contributed by atoms with van der Waals surface area (Å²) in [6.45, 7) is 7.28. The minimum Gasteiger partial charge on any atom is -0.495 e. The molecule has 5 heterocycles. The molecule has 1 aromatic carbocycles. The number of ether oxygens (including phenoxy) is 6. The van der Waals surface area contributed by atoms with Gasteiger partial charge in [0.25, 0.3) is 11.8 Å². The maximum absolute atomic E-state index is 14.3. The molecule has 5 fully saturated rings. The number of allylic oxidation sites excluding steroid dienone is 3. The largest absolute Gasteiger partial charge is 0.495 e. The highest BCUT2D eigenvalue weighted by molar-refractivity contribution is 8.00. The van der Waals surface area contributed by atoms with Crippen molar-refractivity contribution in [1.29, 1.82) is 0 Å². The third kappa shape index (κ3) is 12.3. The van der Waals surface area contributed by atoms with E-state index >= 15 is 0 Å². The van der Waals surface area contributed by atoms with Gasteiger partial charge in [0.15, 0.2) is 11.8 Å². The minimum absolute atomic E-state index is 0.00445. The molecule has 2 unspecified atom stereocenters. The lowest BCUT2D eigenvalue weighted by Crippen LogP contribution is -2.63. The molecule has 9 atom stereocenters. The summed E-state index contributed by atoms with van der Waals surface area (Å²) in [6, 6.07) is 3.56. The second-order valence-electron chi connectivity index (χ2n) is 19.7. The lowest BCUT2D eigenvalue weighted by Gasteiger charge is -2.42. The van der Waals surface area contributed by atoms with Crippen molar-refractivity contribution in [2.24, 2.45) is 17.8 Å². The average molecular weight is 1050 g/mol. The van der Waals surface area contributed by atoms with Crippen LogP contribution in [0.3, 0.4) is 0 Å². The molecule has 4 saturated heterocycles. The molecular formula is C50H65ClN4O16S. The Hall–Kier alpha value is -5.06. The number of aliphatic hydroxyl groups is 1. The number of benzene rings is 1. The number of nitrogens with one attached hydrogen (secondary N) is 1. The van der Waals surface area contributed by atoms with E-state index in [0.29, 0.717) is 60.8 Å². The Morgan fingerprint density at radius 2 is 1.72 bits per heavy atom. The maximum atomic E-state index is 14.3. The van der Waals surface area contributed by atoms with Gasteiger partial charge in [-0.15, -0.1) is 16.8 Å². The van der Waals surface area contributed by atoms with E-state index < -0.39 is 94.7 Å². The van der Waals surface area contributed by atoms with Gasteiger partial charge in [-0.05, 0) is 88.7 Å². The predicted molar refractivity (Wildman–Crippen MR) is 259 cm³/mol. The number of carbonyl (C=O) groups excluding carboxylic acids is 8. The van der Waals surface area contributed by atoms with Crippen LogP contribution >= 0.6 is 23.4 Å². The number of nitrogens with zero attached hydrogens (tertiary/aromatic N) is 3. The Morgan fingerprint density at radius 3 is 2.40 bits per heavy atom. The van der Waals surface area contributed by atoms with Crippen LogP contribution in [0.5, 0.6) is 5.75 Å². The number of rotatable bonds is 14. The van der Waals surface area contributed by atoms with Crippen LogP contribution in [0.25, 0.3) is 0 Å². The molecule has 1 aliphatic carbocycles. The van der Waals surface area contributed by atoms with Crippen molar-refractivity contribution in [2.75, 3.05) is 45.1 Å². The number of methoxy groups -OCH3 is 2. The summed E-state index contributed by atoms with van der Waals surface area (Å²) < 4.78 is 35.3. The lowest BCUT2D eigenvalue weighted by molar-refractivity contribution is -0.201. The van der Waals surface area contributed by atoms with Crippen LogP contribution in [-0.4, -0.2) is 150 Å². The average Bonchev–Trinajstić information content (AvgIpc) is 3.85. The van der Waals surface area contributed by atoms with Crippen molar-refractivity contribution in [1.82, 2.24) is 15.3 Å². The summed E-state index contributed by atoms with van der Waals surface area (Å²) in [4.78, 5) is 112. The normalized spacial score (nSPS) is 32.8. The maximum Gasteiger partial charge on any atom is 0.409 e. The van der Waals surface area contributed by atoms with Crippen LogP contribution in [0.1, 0.15) is 97.5 Å². The summed E-state index contributed by atoms with van der Waals surface area (Å²) in [6.07, 6.45) is 2.10. The number of fused-ring (bicyclic) bond motifs is 5. The fourth-order valence-electron chi connectivity index (χ4n) is 10.1. The third-order valence-electron chi connectivity index (χ3n) is 14.5. The smallest absolute Gasteiger partial charge is 0.409 e. The number of halogens is 1. The molecule has 394 valence electrons. The van der Waals surface area contributed by atoms with Crippen LogP contribution in [-0.2, 0) is 68.5 Å². The second kappa shape index (κ2) is 23.0. The molecule has 5 aliphatic heterocycles. The highest BCUT2D eigenvalue weighted by Crippen LogP contribution is 2.49. The summed E-state index contributed by atoms with van der Waals surface area (Å²) in [7, 11) is 4.46. The predicted octanol–water partition coefficient (Wildman–Crippen LogP) is 4.74. The first-order chi connectivity index (χ1) is 34.2. The van der Waals surface area contributed by atoms with Gasteiger partial charge in [-0.25, -0.2) is 14.4 Å². The monoisotopic (exact) mass is 1040 g/mol. The van der Waals surface area contributed by atoms with Crippen LogP contribution in [0.2, 0.25) is 5.02 Å². The molecule has 1 aromatic rings. The fourth-order valence-corrected chi connectivity index (χ4v) is 11.5. The highest BCUT2D eigenvalue weighted by atomic mass is 35.5. The van der Waals surface area contributed by atoms with Gasteiger partial charge in [0.2, 0.25) is 17.7 Å². The molecule has 20 nitrogen and oxygen atoms in total. The number of alkyl carbamates (subject to hydrolysis) is 1. The van der Waals surface area contributed by atoms with E-state index in [-0.39, 0.29) is 68.0 Å². The van der Waals surface area contributed by atoms with Crippen molar-refractivity contribution in [3.8, 4) is 5.75 Å². The minimum atomic E-state index is -1.86. The molecule has 0 aromatic heterocycles. The molecule has 6 amide bonds. The van der Waals surface area contributed by atoms with E-state index in [1.54, 1.807) is 45.2 Å². The van der Waals surface area contributed by atoms with E-state index in [0.717, 1.165) is 11.1 Å². The van der Waals surface area contributed by atoms with Crippen molar-refractivity contribution >= 4 is 76.6 Å². The van der Waals surface area contributed by atoms with Gasteiger partial charge in [0, 0.05) is 58.9 Å². The number of epoxide rings is 1. The number of esters is 1. The van der Waals surface area contributed by atoms with E-state index in [4.69, 9.17) is 44.9 Å². The summed E-state index contributed by atoms with van der Waals surface area (Å²) in [5, 5.41) is 14.5. The first-order valence-electron chi connectivity index (χ1n) is 24.4. The Balaban J connectivity index is 0.952. The summed E-state index contributed by atoms with van der Waals surface area (Å²) in [5.41, 5.74) is -1.06. The van der Waals surface area contributed by atoms with Gasteiger partial charge in [0.05, 0.1) is 36.5 Å².